The first kappa shape index (κ1) is 14.0. The third-order valence-electron chi connectivity index (χ3n) is 3.48. The van der Waals surface area contributed by atoms with E-state index in [4.69, 9.17) is 5.11 Å². The van der Waals surface area contributed by atoms with Gasteiger partial charge in [0.15, 0.2) is 0 Å². The fourth-order valence-electron chi connectivity index (χ4n) is 2.43. The number of carboxylic acid groups (broad SMARTS) is 1. The molecular formula is C17H14N2O3. The summed E-state index contributed by atoms with van der Waals surface area (Å²) in [7, 11) is 0. The Morgan fingerprint density at radius 1 is 1.00 bits per heavy atom. The summed E-state index contributed by atoms with van der Waals surface area (Å²) in [5.74, 6) is -1.59. The number of rotatable bonds is 5. The fraction of sp³-hybridized carbons (Fsp3) is 0.118. The molecule has 22 heavy (non-hydrogen) atoms. The van der Waals surface area contributed by atoms with Crippen LogP contribution in [-0.2, 0) is 22.6 Å². The lowest BCUT2D eigenvalue weighted by Gasteiger charge is -2.07. The number of carboxylic acids is 1. The van der Waals surface area contributed by atoms with Crippen LogP contribution in [0.25, 0.3) is 11.0 Å². The third-order valence-corrected chi connectivity index (χ3v) is 3.48. The minimum atomic E-state index is -1.43. The van der Waals surface area contributed by atoms with Crippen molar-refractivity contribution in [1.82, 2.24) is 9.55 Å². The fourth-order valence-corrected chi connectivity index (χ4v) is 2.43. The van der Waals surface area contributed by atoms with Crippen LogP contribution in [0.4, 0.5) is 0 Å². The Labute approximate surface area is 126 Å². The van der Waals surface area contributed by atoms with Gasteiger partial charge in [0, 0.05) is 6.42 Å². The highest BCUT2D eigenvalue weighted by Crippen LogP contribution is 2.18. The predicted octanol–water partition coefficient (Wildman–Crippen LogP) is 2.28. The van der Waals surface area contributed by atoms with Gasteiger partial charge in [0.2, 0.25) is 0 Å². The summed E-state index contributed by atoms with van der Waals surface area (Å²) >= 11 is 0. The van der Waals surface area contributed by atoms with Gasteiger partial charge in [0.25, 0.3) is 5.78 Å². The summed E-state index contributed by atoms with van der Waals surface area (Å²) in [6.07, 6.45) is 0.544. The van der Waals surface area contributed by atoms with Crippen LogP contribution >= 0.6 is 0 Å². The molecule has 1 aromatic heterocycles. The lowest BCUT2D eigenvalue weighted by Crippen LogP contribution is -2.20. The van der Waals surface area contributed by atoms with E-state index in [-0.39, 0.29) is 6.54 Å². The number of aliphatic carboxylic acids is 1. The van der Waals surface area contributed by atoms with Gasteiger partial charge in [-0.1, -0.05) is 42.5 Å². The zero-order valence-corrected chi connectivity index (χ0v) is 11.8. The molecule has 0 aliphatic rings. The zero-order chi connectivity index (χ0) is 15.5. The van der Waals surface area contributed by atoms with E-state index in [1.54, 1.807) is 4.57 Å². The van der Waals surface area contributed by atoms with Crippen molar-refractivity contribution >= 4 is 22.8 Å². The number of carbonyl (C=O) groups excluding carboxylic acids is 1. The number of fused-ring (bicyclic) bond motifs is 1. The second-order valence-electron chi connectivity index (χ2n) is 4.99. The number of imidazole rings is 1. The Bertz CT molecular complexity index is 837. The van der Waals surface area contributed by atoms with Gasteiger partial charge in [0.05, 0.1) is 17.6 Å². The van der Waals surface area contributed by atoms with E-state index >= 15 is 0 Å². The van der Waals surface area contributed by atoms with Crippen molar-refractivity contribution in [3.8, 4) is 0 Å². The Balaban J connectivity index is 2.04. The second-order valence-corrected chi connectivity index (χ2v) is 4.99. The minimum Gasteiger partial charge on any atom is -0.475 e. The molecule has 0 saturated carbocycles. The molecule has 0 aliphatic heterocycles. The number of hydrogen-bond donors (Lipinski definition) is 1. The molecule has 3 rings (SSSR count). The van der Waals surface area contributed by atoms with E-state index < -0.39 is 11.8 Å². The molecule has 1 heterocycles. The van der Waals surface area contributed by atoms with Gasteiger partial charge in [-0.15, -0.1) is 0 Å². The van der Waals surface area contributed by atoms with Gasteiger partial charge in [-0.25, -0.2) is 9.78 Å². The molecule has 1 N–H and O–H groups in total. The average Bonchev–Trinajstić information content (AvgIpc) is 2.86. The van der Waals surface area contributed by atoms with E-state index in [1.807, 2.05) is 54.6 Å². The van der Waals surface area contributed by atoms with Gasteiger partial charge in [0.1, 0.15) is 5.82 Å². The van der Waals surface area contributed by atoms with Crippen molar-refractivity contribution in [3.05, 3.63) is 66.0 Å². The summed E-state index contributed by atoms with van der Waals surface area (Å²) in [6, 6.07) is 17.2. The van der Waals surface area contributed by atoms with Crippen LogP contribution < -0.4 is 0 Å². The summed E-state index contributed by atoms with van der Waals surface area (Å²) in [4.78, 5) is 27.0. The van der Waals surface area contributed by atoms with Crippen molar-refractivity contribution in [2.75, 3.05) is 0 Å². The number of aromatic nitrogens is 2. The van der Waals surface area contributed by atoms with Crippen molar-refractivity contribution in [3.63, 3.8) is 0 Å². The molecule has 0 spiro atoms. The van der Waals surface area contributed by atoms with E-state index in [1.165, 1.54) is 0 Å². The van der Waals surface area contributed by atoms with E-state index in [0.717, 1.165) is 16.6 Å². The predicted molar refractivity (Wildman–Crippen MR) is 81.6 cm³/mol. The lowest BCUT2D eigenvalue weighted by atomic mass is 10.1. The molecule has 2 aromatic carbocycles. The topological polar surface area (TPSA) is 72.2 Å². The molecule has 3 aromatic rings. The highest BCUT2D eigenvalue weighted by Gasteiger charge is 2.17. The normalized spacial score (nSPS) is 10.7. The van der Waals surface area contributed by atoms with Gasteiger partial charge >= 0.3 is 5.97 Å². The van der Waals surface area contributed by atoms with Crippen molar-refractivity contribution in [2.45, 2.75) is 13.0 Å². The number of para-hydroxylation sites is 2. The number of ketones is 1. The molecule has 0 amide bonds. The number of benzene rings is 2. The van der Waals surface area contributed by atoms with Crippen LogP contribution in [0, 0.1) is 0 Å². The first-order chi connectivity index (χ1) is 10.6. The van der Waals surface area contributed by atoms with Crippen molar-refractivity contribution in [1.29, 1.82) is 0 Å². The molecule has 0 bridgehead atoms. The summed E-state index contributed by atoms with van der Waals surface area (Å²) < 4.78 is 1.68. The number of hydrogen-bond acceptors (Lipinski definition) is 3. The summed E-state index contributed by atoms with van der Waals surface area (Å²) in [6.45, 7) is -0.210. The molecule has 110 valence electrons. The van der Waals surface area contributed by atoms with Gasteiger partial charge < -0.3 is 9.67 Å². The Morgan fingerprint density at radius 3 is 2.41 bits per heavy atom. The minimum absolute atomic E-state index is 0.210. The Morgan fingerprint density at radius 2 is 1.68 bits per heavy atom. The molecule has 5 nitrogen and oxygen atoms in total. The Hall–Kier alpha value is -2.95. The molecule has 0 aliphatic carbocycles. The van der Waals surface area contributed by atoms with Crippen molar-refractivity contribution in [2.24, 2.45) is 0 Å². The van der Waals surface area contributed by atoms with Crippen LogP contribution in [0.1, 0.15) is 11.4 Å². The second kappa shape index (κ2) is 5.81. The van der Waals surface area contributed by atoms with Gasteiger partial charge in [-0.05, 0) is 17.7 Å². The SMILES string of the molecule is O=C(O)C(=O)Cn1c(Cc2ccccc2)nc2ccccc21. The molecule has 0 saturated heterocycles. The van der Waals surface area contributed by atoms with Gasteiger partial charge in [-0.2, -0.15) is 0 Å². The quantitative estimate of drug-likeness (QED) is 0.733. The van der Waals surface area contributed by atoms with Crippen molar-refractivity contribution < 1.29 is 14.7 Å². The molecule has 5 heteroatoms. The zero-order valence-electron chi connectivity index (χ0n) is 11.8. The van der Waals surface area contributed by atoms with Crippen LogP contribution in [0.5, 0.6) is 0 Å². The molecule has 0 atom stereocenters. The molecule has 0 fully saturated rings. The number of nitrogens with zero attached hydrogens (tertiary/aromatic N) is 2. The Kier molecular flexibility index (Phi) is 3.70. The standard InChI is InChI=1S/C17H14N2O3/c20-15(17(21)22)11-19-14-9-5-4-8-13(14)18-16(19)10-12-6-2-1-3-7-12/h1-9H,10-11H2,(H,21,22). The van der Waals surface area contributed by atoms with Crippen LogP contribution in [-0.4, -0.2) is 26.4 Å². The van der Waals surface area contributed by atoms with E-state index in [0.29, 0.717) is 12.2 Å². The smallest absolute Gasteiger partial charge is 0.374 e. The first-order valence-electron chi connectivity index (χ1n) is 6.89. The highest BCUT2D eigenvalue weighted by atomic mass is 16.4. The first-order valence-corrected chi connectivity index (χ1v) is 6.89. The van der Waals surface area contributed by atoms with Crippen LogP contribution in [0.15, 0.2) is 54.6 Å². The van der Waals surface area contributed by atoms with E-state index in [2.05, 4.69) is 4.98 Å². The van der Waals surface area contributed by atoms with Crippen LogP contribution in [0.3, 0.4) is 0 Å². The lowest BCUT2D eigenvalue weighted by molar-refractivity contribution is -0.149. The molecule has 0 radical (unpaired) electrons. The average molecular weight is 294 g/mol. The number of Topliss-reactive ketones (excluding diaryl/α,β-unsaturated/α-hetero) is 1. The van der Waals surface area contributed by atoms with Crippen LogP contribution in [0.2, 0.25) is 0 Å². The third kappa shape index (κ3) is 2.74. The van der Waals surface area contributed by atoms with Gasteiger partial charge in [-0.3, -0.25) is 4.79 Å². The summed E-state index contributed by atoms with van der Waals surface area (Å²) in [5, 5.41) is 8.85. The largest absolute Gasteiger partial charge is 0.475 e. The summed E-state index contributed by atoms with van der Waals surface area (Å²) in [5.41, 5.74) is 2.58. The molecule has 0 unspecified atom stereocenters. The van der Waals surface area contributed by atoms with E-state index in [9.17, 15) is 9.59 Å². The number of carbonyl (C=O) groups is 2. The maximum absolute atomic E-state index is 11.6. The monoisotopic (exact) mass is 294 g/mol. The maximum atomic E-state index is 11.6. The highest BCUT2D eigenvalue weighted by molar-refractivity contribution is 6.32. The maximum Gasteiger partial charge on any atom is 0.374 e. The molecular weight excluding hydrogens is 280 g/mol.